The van der Waals surface area contributed by atoms with E-state index in [1.807, 2.05) is 6.92 Å². The summed E-state index contributed by atoms with van der Waals surface area (Å²) in [6, 6.07) is 7.92. The molecule has 216 valence electrons. The van der Waals surface area contributed by atoms with E-state index in [1.165, 1.54) is 6.07 Å². The highest BCUT2D eigenvalue weighted by molar-refractivity contribution is 7.70. The molecular formula is C27H29F2N7O4S. The van der Waals surface area contributed by atoms with Gasteiger partial charge in [0.25, 0.3) is 0 Å². The van der Waals surface area contributed by atoms with Gasteiger partial charge in [-0.25, -0.2) is 41.9 Å². The number of morpholine rings is 1. The predicted molar refractivity (Wildman–Crippen MR) is 151 cm³/mol. The van der Waals surface area contributed by atoms with Crippen LogP contribution in [0.2, 0.25) is 0 Å². The van der Waals surface area contributed by atoms with E-state index in [0.29, 0.717) is 72.3 Å². The molecule has 1 aliphatic rings. The molecule has 1 saturated heterocycles. The first-order chi connectivity index (χ1) is 19.9. The van der Waals surface area contributed by atoms with Crippen molar-refractivity contribution in [2.45, 2.75) is 19.5 Å². The molecule has 14 heteroatoms. The summed E-state index contributed by atoms with van der Waals surface area (Å²) in [5, 5.41) is 0.623. The highest BCUT2D eigenvalue weighted by atomic mass is 32.2. The maximum absolute atomic E-state index is 15.8. The van der Waals surface area contributed by atoms with E-state index in [9.17, 15) is 12.8 Å². The maximum atomic E-state index is 15.8. The largest absolute Gasteiger partial charge is 0.492 e. The summed E-state index contributed by atoms with van der Waals surface area (Å²) in [6.07, 6.45) is 1.17. The number of thiol groups is 1. The number of halogens is 2. The number of hydrogen-bond acceptors (Lipinski definition) is 10. The van der Waals surface area contributed by atoms with Gasteiger partial charge in [0.2, 0.25) is 16.8 Å². The Hall–Kier alpha value is -4.01. The summed E-state index contributed by atoms with van der Waals surface area (Å²) >= 11 is 0. The SMILES string of the molecule is CCOc1cc(-c2cccc(C(F)CCN[SH](=O)=O)c2F)cc2c(N3CCOCC3)nc(-c3cnc(N)nc3)nc12. The zero-order valence-electron chi connectivity index (χ0n) is 22.2. The monoisotopic (exact) mass is 585 g/mol. The molecular weight excluding hydrogens is 556 g/mol. The molecule has 4 aromatic rings. The van der Waals surface area contributed by atoms with Crippen molar-refractivity contribution in [1.29, 1.82) is 0 Å². The van der Waals surface area contributed by atoms with Gasteiger partial charge in [-0.2, -0.15) is 0 Å². The topological polar surface area (TPSA) is 145 Å². The lowest BCUT2D eigenvalue weighted by Gasteiger charge is -2.29. The van der Waals surface area contributed by atoms with Crippen molar-refractivity contribution < 1.29 is 26.7 Å². The molecule has 0 saturated carbocycles. The number of rotatable bonds is 10. The van der Waals surface area contributed by atoms with E-state index in [-0.39, 0.29) is 30.0 Å². The minimum absolute atomic E-state index is 0.125. The Balaban J connectivity index is 1.66. The Morgan fingerprint density at radius 2 is 1.90 bits per heavy atom. The smallest absolute Gasteiger partial charge is 0.219 e. The first-order valence-electron chi connectivity index (χ1n) is 13.1. The number of ether oxygens (including phenoxy) is 2. The Labute approximate surface area is 236 Å². The van der Waals surface area contributed by atoms with Crippen LogP contribution in [0.3, 0.4) is 0 Å². The fourth-order valence-corrected chi connectivity index (χ4v) is 4.97. The van der Waals surface area contributed by atoms with Gasteiger partial charge in [-0.1, -0.05) is 18.2 Å². The molecule has 5 rings (SSSR count). The minimum atomic E-state index is -2.86. The fraction of sp³-hybridized carbons (Fsp3) is 0.333. The molecule has 0 bridgehead atoms. The van der Waals surface area contributed by atoms with Gasteiger partial charge in [-0.15, -0.1) is 0 Å². The molecule has 3 heterocycles. The molecule has 0 amide bonds. The van der Waals surface area contributed by atoms with Gasteiger partial charge in [-0.05, 0) is 31.0 Å². The average molecular weight is 586 g/mol. The van der Waals surface area contributed by atoms with Crippen LogP contribution in [0, 0.1) is 5.82 Å². The lowest BCUT2D eigenvalue weighted by atomic mass is 9.97. The lowest BCUT2D eigenvalue weighted by Crippen LogP contribution is -2.37. The Morgan fingerprint density at radius 3 is 2.61 bits per heavy atom. The van der Waals surface area contributed by atoms with E-state index in [0.717, 1.165) is 0 Å². The van der Waals surface area contributed by atoms with Crippen LogP contribution in [-0.4, -0.2) is 67.8 Å². The van der Waals surface area contributed by atoms with Crippen LogP contribution in [0.15, 0.2) is 42.7 Å². The van der Waals surface area contributed by atoms with Crippen molar-refractivity contribution in [3.63, 3.8) is 0 Å². The molecule has 1 atom stereocenters. The van der Waals surface area contributed by atoms with Crippen molar-refractivity contribution >= 4 is 33.6 Å². The predicted octanol–water partition coefficient (Wildman–Crippen LogP) is 3.23. The van der Waals surface area contributed by atoms with Crippen LogP contribution in [-0.2, 0) is 15.6 Å². The third-order valence-electron chi connectivity index (χ3n) is 6.60. The van der Waals surface area contributed by atoms with Gasteiger partial charge in [0.15, 0.2) is 5.82 Å². The zero-order valence-corrected chi connectivity index (χ0v) is 23.1. The molecule has 1 unspecified atom stereocenters. The number of nitrogens with one attached hydrogen (secondary N) is 1. The van der Waals surface area contributed by atoms with Gasteiger partial charge in [0, 0.05) is 48.5 Å². The molecule has 0 radical (unpaired) electrons. The fourth-order valence-electron chi connectivity index (χ4n) is 4.66. The number of anilines is 2. The number of nitrogen functional groups attached to an aromatic ring is 1. The molecule has 0 aliphatic carbocycles. The van der Waals surface area contributed by atoms with Crippen LogP contribution in [0.4, 0.5) is 20.5 Å². The van der Waals surface area contributed by atoms with E-state index in [4.69, 9.17) is 25.2 Å². The highest BCUT2D eigenvalue weighted by Gasteiger charge is 2.23. The van der Waals surface area contributed by atoms with Crippen molar-refractivity contribution in [2.75, 3.05) is 50.1 Å². The number of fused-ring (bicyclic) bond motifs is 1. The van der Waals surface area contributed by atoms with Crippen LogP contribution < -0.4 is 20.1 Å². The van der Waals surface area contributed by atoms with Crippen LogP contribution >= 0.6 is 0 Å². The summed E-state index contributed by atoms with van der Waals surface area (Å²) in [5.41, 5.74) is 7.20. The van der Waals surface area contributed by atoms with Crippen molar-refractivity contribution in [3.8, 4) is 28.3 Å². The molecule has 1 aliphatic heterocycles. The van der Waals surface area contributed by atoms with E-state index in [2.05, 4.69) is 19.6 Å². The summed E-state index contributed by atoms with van der Waals surface area (Å²) in [6.45, 7) is 4.18. The Morgan fingerprint density at radius 1 is 1.15 bits per heavy atom. The summed E-state index contributed by atoms with van der Waals surface area (Å²) in [5.74, 6) is 0.761. The third kappa shape index (κ3) is 6.34. The van der Waals surface area contributed by atoms with Crippen LogP contribution in [0.1, 0.15) is 25.1 Å². The molecule has 2 aromatic carbocycles. The standard InChI is InChI=1S/C27H29F2N7O4S/c1-2-40-22-13-16(18-4-3-5-19(23(18)29)21(28)6-7-33-41(37)38)12-20-24(22)34-25(17-14-31-27(30)32-15-17)35-26(20)36-8-10-39-11-9-36/h3-5,12-15,21,41H,2,6-11H2,1H3,(H2,30,31,32)(H,33,37,38). The molecule has 0 spiro atoms. The van der Waals surface area contributed by atoms with Crippen molar-refractivity contribution in [3.05, 3.63) is 54.1 Å². The Kier molecular flexibility index (Phi) is 8.81. The van der Waals surface area contributed by atoms with Gasteiger partial charge in [0.05, 0.1) is 25.4 Å². The molecule has 41 heavy (non-hydrogen) atoms. The second-order valence-electron chi connectivity index (χ2n) is 9.23. The quantitative estimate of drug-likeness (QED) is 0.237. The minimum Gasteiger partial charge on any atom is -0.492 e. The van der Waals surface area contributed by atoms with E-state index in [1.54, 1.807) is 36.7 Å². The number of alkyl halides is 1. The Bertz CT molecular complexity index is 1610. The number of hydrogen-bond donors (Lipinski definition) is 3. The highest BCUT2D eigenvalue weighted by Crippen LogP contribution is 2.39. The number of aromatic nitrogens is 4. The summed E-state index contributed by atoms with van der Waals surface area (Å²) < 4.78 is 65.9. The number of nitrogens with zero attached hydrogens (tertiary/aromatic N) is 5. The second kappa shape index (κ2) is 12.7. The van der Waals surface area contributed by atoms with Gasteiger partial charge >= 0.3 is 0 Å². The normalized spacial score (nSPS) is 14.5. The third-order valence-corrected chi connectivity index (χ3v) is 7.08. The van der Waals surface area contributed by atoms with Gasteiger partial charge in [0.1, 0.15) is 29.1 Å². The van der Waals surface area contributed by atoms with E-state index < -0.39 is 22.9 Å². The van der Waals surface area contributed by atoms with Crippen LogP contribution in [0.5, 0.6) is 5.75 Å². The molecule has 1 fully saturated rings. The van der Waals surface area contributed by atoms with E-state index >= 15 is 4.39 Å². The summed E-state index contributed by atoms with van der Waals surface area (Å²) in [7, 11) is -2.86. The maximum Gasteiger partial charge on any atom is 0.219 e. The number of nitrogens with two attached hydrogens (primary N) is 1. The second-order valence-corrected chi connectivity index (χ2v) is 10.1. The van der Waals surface area contributed by atoms with Gasteiger partial charge in [-0.3, -0.25) is 0 Å². The number of benzene rings is 2. The van der Waals surface area contributed by atoms with Gasteiger partial charge < -0.3 is 20.1 Å². The average Bonchev–Trinajstić information content (AvgIpc) is 2.97. The first kappa shape index (κ1) is 28.5. The molecule has 2 aromatic heterocycles. The van der Waals surface area contributed by atoms with Crippen molar-refractivity contribution in [2.24, 2.45) is 0 Å². The first-order valence-corrected chi connectivity index (χ1v) is 14.2. The summed E-state index contributed by atoms with van der Waals surface area (Å²) in [4.78, 5) is 19.8. The molecule has 3 N–H and O–H groups in total. The lowest BCUT2D eigenvalue weighted by molar-refractivity contribution is 0.122. The zero-order chi connectivity index (χ0) is 28.9. The van der Waals surface area contributed by atoms with Crippen LogP contribution in [0.25, 0.3) is 33.4 Å². The molecule has 11 nitrogen and oxygen atoms in total. The van der Waals surface area contributed by atoms with Crippen molar-refractivity contribution in [1.82, 2.24) is 24.7 Å².